The number of nitrogens with one attached hydrogen (secondary N) is 1. The van der Waals surface area contributed by atoms with E-state index in [0.717, 1.165) is 11.1 Å². The molecule has 0 saturated heterocycles. The lowest BCUT2D eigenvalue weighted by molar-refractivity contribution is -0.121. The zero-order chi connectivity index (χ0) is 21.3. The first-order valence-corrected chi connectivity index (χ1v) is 10.7. The predicted octanol–water partition coefficient (Wildman–Crippen LogP) is 5.62. The molecule has 0 aromatic heterocycles. The van der Waals surface area contributed by atoms with Gasteiger partial charge in [-0.25, -0.2) is 0 Å². The van der Waals surface area contributed by atoms with Crippen molar-refractivity contribution in [3.05, 3.63) is 34.3 Å². The van der Waals surface area contributed by atoms with Crippen LogP contribution in [0.5, 0.6) is 0 Å². The van der Waals surface area contributed by atoms with Crippen LogP contribution in [0.1, 0.15) is 72.4 Å². The van der Waals surface area contributed by atoms with E-state index in [4.69, 9.17) is 27.6 Å². The Morgan fingerprint density at radius 1 is 1.11 bits per heavy atom. The third-order valence-electron chi connectivity index (χ3n) is 3.38. The second-order valence-electron chi connectivity index (χ2n) is 7.62. The zero-order valence-electron chi connectivity index (χ0n) is 17.3. The van der Waals surface area contributed by atoms with Gasteiger partial charge >= 0.3 is 0 Å². The Labute approximate surface area is 176 Å². The van der Waals surface area contributed by atoms with E-state index in [9.17, 15) is 9.59 Å². The Morgan fingerprint density at radius 3 is 2.11 bits per heavy atom. The quantitative estimate of drug-likeness (QED) is 0.450. The lowest BCUT2D eigenvalue weighted by Gasteiger charge is -2.30. The molecule has 0 aliphatic heterocycles. The first-order valence-electron chi connectivity index (χ1n) is 9.01. The summed E-state index contributed by atoms with van der Waals surface area (Å²) < 4.78 is 6.12. The van der Waals surface area contributed by atoms with Crippen molar-refractivity contribution in [1.82, 2.24) is 5.32 Å². The maximum atomic E-state index is 11.4. The fourth-order valence-electron chi connectivity index (χ4n) is 1.81. The van der Waals surface area contributed by atoms with Crippen LogP contribution in [0.25, 0.3) is 0 Å². The molecule has 1 rings (SSSR count). The minimum absolute atomic E-state index is 0.0428. The van der Waals surface area contributed by atoms with Crippen molar-refractivity contribution in [2.75, 3.05) is 0 Å². The van der Waals surface area contributed by atoms with Gasteiger partial charge in [0.25, 0.3) is 0 Å². The molecule has 152 valence electrons. The average Bonchev–Trinajstić information content (AvgIpc) is 2.58. The van der Waals surface area contributed by atoms with Gasteiger partial charge in [-0.15, -0.1) is 0 Å². The molecule has 0 bridgehead atoms. The highest BCUT2D eigenvalue weighted by atomic mass is 35.5. The Bertz CT molecular complexity index is 628. The SMILES string of the molecule is CCC(=O)Cl.CCC(=O)NCc1ccc(Cl)c(C(C)(C)O[Si]C(C)(C)C)c1. The number of rotatable bonds is 7. The van der Waals surface area contributed by atoms with Crippen molar-refractivity contribution in [3.8, 4) is 0 Å². The molecule has 2 radical (unpaired) electrons. The van der Waals surface area contributed by atoms with Crippen molar-refractivity contribution < 1.29 is 14.0 Å². The van der Waals surface area contributed by atoms with E-state index in [1.54, 1.807) is 6.92 Å². The van der Waals surface area contributed by atoms with E-state index in [0.29, 0.717) is 34.2 Å². The summed E-state index contributed by atoms with van der Waals surface area (Å²) in [5.41, 5.74) is 1.51. The van der Waals surface area contributed by atoms with Gasteiger partial charge in [-0.2, -0.15) is 0 Å². The topological polar surface area (TPSA) is 55.4 Å². The molecule has 1 aromatic rings. The predicted molar refractivity (Wildman–Crippen MR) is 114 cm³/mol. The van der Waals surface area contributed by atoms with Crippen LogP contribution in [0.15, 0.2) is 18.2 Å². The standard InChI is InChI=1S/C17H26ClNO2Si.C3H5ClO/c1-7-15(20)19-11-12-8-9-14(18)13(10-12)17(5,6)21-22-16(2,3)4;1-2-3(4)5/h8-10H,7,11H2,1-6H3,(H,19,20);2H2,1H3. The fraction of sp³-hybridized carbons (Fsp3) is 0.600. The van der Waals surface area contributed by atoms with Gasteiger partial charge in [0.05, 0.1) is 5.60 Å². The van der Waals surface area contributed by atoms with Crippen molar-refractivity contribution >= 4 is 44.1 Å². The summed E-state index contributed by atoms with van der Waals surface area (Å²) in [7, 11) is 0.380. The molecular weight excluding hydrogens is 401 g/mol. The molecule has 1 aromatic carbocycles. The smallest absolute Gasteiger partial charge is 0.236 e. The number of halogens is 2. The van der Waals surface area contributed by atoms with Gasteiger partial charge in [0.1, 0.15) is 0 Å². The largest absolute Gasteiger partial charge is 0.408 e. The van der Waals surface area contributed by atoms with Gasteiger partial charge in [0.15, 0.2) is 0 Å². The van der Waals surface area contributed by atoms with Crippen molar-refractivity contribution in [3.63, 3.8) is 0 Å². The molecule has 0 fully saturated rings. The molecule has 0 aliphatic rings. The van der Waals surface area contributed by atoms with Crippen LogP contribution in [-0.2, 0) is 26.2 Å². The maximum absolute atomic E-state index is 11.4. The van der Waals surface area contributed by atoms with E-state index < -0.39 is 5.60 Å². The van der Waals surface area contributed by atoms with E-state index in [1.165, 1.54) is 0 Å². The van der Waals surface area contributed by atoms with Crippen LogP contribution in [0.3, 0.4) is 0 Å². The molecule has 0 spiro atoms. The molecule has 4 nitrogen and oxygen atoms in total. The normalized spacial score (nSPS) is 11.4. The maximum Gasteiger partial charge on any atom is 0.236 e. The molecule has 0 heterocycles. The number of carbonyl (C=O) groups is 2. The number of carbonyl (C=O) groups excluding carboxylic acids is 2. The fourth-order valence-corrected chi connectivity index (χ4v) is 2.82. The van der Waals surface area contributed by atoms with Gasteiger partial charge < -0.3 is 9.74 Å². The van der Waals surface area contributed by atoms with Crippen LogP contribution in [-0.4, -0.2) is 20.9 Å². The van der Waals surface area contributed by atoms with E-state index in [1.807, 2.05) is 39.0 Å². The van der Waals surface area contributed by atoms with E-state index >= 15 is 0 Å². The van der Waals surface area contributed by atoms with Crippen molar-refractivity contribution in [2.24, 2.45) is 0 Å². The van der Waals surface area contributed by atoms with Crippen molar-refractivity contribution in [2.45, 2.75) is 78.5 Å². The molecule has 1 N–H and O–H groups in total. The molecule has 1 amide bonds. The third kappa shape index (κ3) is 11.5. The molecule has 27 heavy (non-hydrogen) atoms. The van der Waals surface area contributed by atoms with Crippen LogP contribution in [0.4, 0.5) is 0 Å². The number of hydrogen-bond acceptors (Lipinski definition) is 3. The van der Waals surface area contributed by atoms with Crippen LogP contribution >= 0.6 is 23.2 Å². The first kappa shape index (κ1) is 26.1. The van der Waals surface area contributed by atoms with E-state index in [2.05, 4.69) is 26.1 Å². The Balaban J connectivity index is 0.00000119. The van der Waals surface area contributed by atoms with Gasteiger partial charge in [-0.05, 0) is 48.2 Å². The molecule has 0 unspecified atom stereocenters. The monoisotopic (exact) mass is 431 g/mol. The Morgan fingerprint density at radius 2 is 1.67 bits per heavy atom. The molecular formula is C20H31Cl2NO3Si. The summed E-state index contributed by atoms with van der Waals surface area (Å²) >= 11 is 11.2. The summed E-state index contributed by atoms with van der Waals surface area (Å²) in [5.74, 6) is 0.0428. The molecule has 0 aliphatic carbocycles. The van der Waals surface area contributed by atoms with Gasteiger partial charge in [-0.3, -0.25) is 9.59 Å². The highest BCUT2D eigenvalue weighted by Crippen LogP contribution is 2.34. The summed E-state index contributed by atoms with van der Waals surface area (Å²) in [5, 5.41) is 3.42. The third-order valence-corrected chi connectivity index (χ3v) is 5.20. The number of benzene rings is 1. The summed E-state index contributed by atoms with van der Waals surface area (Å²) in [4.78, 5) is 21.0. The summed E-state index contributed by atoms with van der Waals surface area (Å²) in [6.07, 6.45) is 0.920. The van der Waals surface area contributed by atoms with Crippen LogP contribution in [0, 0.1) is 0 Å². The second kappa shape index (κ2) is 11.8. The minimum Gasteiger partial charge on any atom is -0.408 e. The molecule has 7 heteroatoms. The second-order valence-corrected chi connectivity index (χ2v) is 10.4. The van der Waals surface area contributed by atoms with Gasteiger partial charge in [-0.1, -0.05) is 52.3 Å². The van der Waals surface area contributed by atoms with Gasteiger partial charge in [0.2, 0.25) is 20.9 Å². The lowest BCUT2D eigenvalue weighted by Crippen LogP contribution is -2.28. The number of hydrogen-bond donors (Lipinski definition) is 1. The van der Waals surface area contributed by atoms with Crippen LogP contribution < -0.4 is 5.32 Å². The molecule has 0 saturated carbocycles. The van der Waals surface area contributed by atoms with E-state index in [-0.39, 0.29) is 16.2 Å². The highest BCUT2D eigenvalue weighted by molar-refractivity contribution is 6.63. The minimum atomic E-state index is -0.465. The van der Waals surface area contributed by atoms with Crippen molar-refractivity contribution in [1.29, 1.82) is 0 Å². The van der Waals surface area contributed by atoms with Gasteiger partial charge in [0, 0.05) is 30.0 Å². The average molecular weight is 432 g/mol. The van der Waals surface area contributed by atoms with Crippen LogP contribution in [0.2, 0.25) is 10.1 Å². The summed E-state index contributed by atoms with van der Waals surface area (Å²) in [6.45, 7) is 14.6. The number of amides is 1. The molecule has 0 atom stereocenters. The first-order chi connectivity index (χ1) is 12.3. The zero-order valence-corrected chi connectivity index (χ0v) is 19.8. The Kier molecular flexibility index (Phi) is 11.5. The lowest BCUT2D eigenvalue weighted by atomic mass is 9.96. The summed E-state index contributed by atoms with van der Waals surface area (Å²) in [6, 6.07) is 5.82. The Hall–Kier alpha value is -0.883. The highest BCUT2D eigenvalue weighted by Gasteiger charge is 2.27.